The molecule has 1 heteroatoms. The van der Waals surface area contributed by atoms with Gasteiger partial charge in [0.15, 0.2) is 0 Å². The van der Waals surface area contributed by atoms with Crippen molar-refractivity contribution in [3.8, 4) is 55.6 Å². The van der Waals surface area contributed by atoms with Gasteiger partial charge in [-0.3, -0.25) is 0 Å². The molecule has 0 aliphatic heterocycles. The lowest BCUT2D eigenvalue weighted by atomic mass is 9.85. The molecule has 306 valence electrons. The van der Waals surface area contributed by atoms with Crippen LogP contribution in [0, 0.1) is 0 Å². The first kappa shape index (κ1) is 40.1. The van der Waals surface area contributed by atoms with Gasteiger partial charge in [0.1, 0.15) is 0 Å². The second-order valence-corrected chi connectivity index (χ2v) is 16.5. The Balaban J connectivity index is 0.886. The van der Waals surface area contributed by atoms with Crippen LogP contribution in [0.15, 0.2) is 267 Å². The molecule has 0 bridgehead atoms. The lowest BCUT2D eigenvalue weighted by Crippen LogP contribution is -2.09. The van der Waals surface area contributed by atoms with E-state index in [1.807, 2.05) is 0 Å². The topological polar surface area (TPSA) is 3.24 Å². The van der Waals surface area contributed by atoms with Crippen LogP contribution in [0.2, 0.25) is 0 Å². The monoisotopic (exact) mass is 819 g/mol. The Bertz CT molecular complexity index is 2830. The number of nitrogens with zero attached hydrogens (tertiary/aromatic N) is 1. The molecule has 0 atom stereocenters. The largest absolute Gasteiger partial charge is 0.311 e. The van der Waals surface area contributed by atoms with Gasteiger partial charge in [0.2, 0.25) is 0 Å². The summed E-state index contributed by atoms with van der Waals surface area (Å²) in [6.07, 6.45) is 1.99. The van der Waals surface area contributed by atoms with Gasteiger partial charge in [0.05, 0.1) is 0 Å². The zero-order valence-corrected chi connectivity index (χ0v) is 35.8. The molecule has 0 spiro atoms. The van der Waals surface area contributed by atoms with Crippen LogP contribution in [0.4, 0.5) is 17.1 Å². The molecule has 10 rings (SSSR count). The van der Waals surface area contributed by atoms with Crippen LogP contribution in [0.25, 0.3) is 55.6 Å². The standard InChI is InChI=1S/C63H49N/c1-5-13-48(14-6-1)53-26-30-58(31-27-53)63(59-32-28-54(29-33-59)49-15-7-2-8-16-49)46-23-47-21-24-52(25-22-47)57-38-44-62(45-39-57)64(60-40-34-55(35-41-60)50-17-9-3-10-18-50)61-42-36-56(37-43-61)51-19-11-4-12-20-51/h1-22,24-45,63H,23,46H2. The highest BCUT2D eigenvalue weighted by Crippen LogP contribution is 2.38. The fourth-order valence-electron chi connectivity index (χ4n) is 8.89. The Hall–Kier alpha value is -8.00. The van der Waals surface area contributed by atoms with Gasteiger partial charge in [-0.25, -0.2) is 0 Å². The molecule has 0 N–H and O–H groups in total. The fraction of sp³-hybridized carbons (Fsp3) is 0.0476. The van der Waals surface area contributed by atoms with E-state index in [4.69, 9.17) is 0 Å². The second kappa shape index (κ2) is 18.9. The molecule has 0 heterocycles. The highest BCUT2D eigenvalue weighted by molar-refractivity contribution is 5.81. The first-order chi connectivity index (χ1) is 31.7. The summed E-state index contributed by atoms with van der Waals surface area (Å²) in [6, 6.07) is 96.8. The molecule has 0 aliphatic carbocycles. The zero-order valence-electron chi connectivity index (χ0n) is 35.8. The van der Waals surface area contributed by atoms with Gasteiger partial charge in [0, 0.05) is 23.0 Å². The van der Waals surface area contributed by atoms with E-state index in [0.717, 1.165) is 29.9 Å². The quantitative estimate of drug-likeness (QED) is 0.112. The van der Waals surface area contributed by atoms with Crippen LogP contribution < -0.4 is 4.90 Å². The smallest absolute Gasteiger partial charge is 0.0462 e. The predicted octanol–water partition coefficient (Wildman–Crippen LogP) is 17.3. The minimum atomic E-state index is 0.272. The van der Waals surface area contributed by atoms with Crippen LogP contribution in [0.5, 0.6) is 0 Å². The van der Waals surface area contributed by atoms with Crippen molar-refractivity contribution >= 4 is 17.1 Å². The molecule has 0 saturated heterocycles. The van der Waals surface area contributed by atoms with Gasteiger partial charge in [-0.05, 0) is 122 Å². The molecule has 10 aromatic carbocycles. The predicted molar refractivity (Wildman–Crippen MR) is 271 cm³/mol. The highest BCUT2D eigenvalue weighted by atomic mass is 15.1. The maximum Gasteiger partial charge on any atom is 0.0462 e. The molecule has 0 amide bonds. The number of aryl methyl sites for hydroxylation is 1. The molecule has 10 aromatic rings. The van der Waals surface area contributed by atoms with E-state index < -0.39 is 0 Å². The van der Waals surface area contributed by atoms with Crippen LogP contribution in [-0.2, 0) is 6.42 Å². The van der Waals surface area contributed by atoms with Crippen molar-refractivity contribution in [2.75, 3.05) is 4.90 Å². The Labute approximate surface area is 378 Å². The van der Waals surface area contributed by atoms with Crippen LogP contribution in [0.1, 0.15) is 29.0 Å². The zero-order chi connectivity index (χ0) is 42.9. The molecular weight excluding hydrogens is 771 g/mol. The number of benzene rings is 10. The Morgan fingerprint density at radius 2 is 0.469 bits per heavy atom. The van der Waals surface area contributed by atoms with Crippen molar-refractivity contribution in [3.63, 3.8) is 0 Å². The average molecular weight is 820 g/mol. The van der Waals surface area contributed by atoms with E-state index in [9.17, 15) is 0 Å². The van der Waals surface area contributed by atoms with Crippen LogP contribution >= 0.6 is 0 Å². The third-order valence-electron chi connectivity index (χ3n) is 12.4. The molecule has 0 aliphatic rings. The summed E-state index contributed by atoms with van der Waals surface area (Å²) in [5.74, 6) is 0.272. The summed E-state index contributed by atoms with van der Waals surface area (Å²) in [4.78, 5) is 2.34. The van der Waals surface area contributed by atoms with E-state index in [0.29, 0.717) is 0 Å². The minimum absolute atomic E-state index is 0.272. The maximum absolute atomic E-state index is 2.34. The van der Waals surface area contributed by atoms with Crippen molar-refractivity contribution in [2.24, 2.45) is 0 Å². The maximum atomic E-state index is 2.34. The Morgan fingerprint density at radius 3 is 0.750 bits per heavy atom. The van der Waals surface area contributed by atoms with Crippen molar-refractivity contribution < 1.29 is 0 Å². The number of hydrogen-bond acceptors (Lipinski definition) is 1. The van der Waals surface area contributed by atoms with E-state index in [1.54, 1.807) is 0 Å². The van der Waals surface area contributed by atoms with Crippen molar-refractivity contribution in [1.29, 1.82) is 0 Å². The summed E-state index contributed by atoms with van der Waals surface area (Å²) in [6.45, 7) is 0. The highest BCUT2D eigenvalue weighted by Gasteiger charge is 2.17. The summed E-state index contributed by atoms with van der Waals surface area (Å²) in [5.41, 5.74) is 19.6. The molecule has 0 saturated carbocycles. The molecule has 0 aromatic heterocycles. The number of anilines is 3. The third-order valence-corrected chi connectivity index (χ3v) is 12.4. The fourth-order valence-corrected chi connectivity index (χ4v) is 8.89. The van der Waals surface area contributed by atoms with E-state index in [1.165, 1.54) is 72.3 Å². The SMILES string of the molecule is c1ccc(-c2ccc(C(CCc3ccc(-c4ccc(N(c5ccc(-c6ccccc6)cc5)c5ccc(-c6ccccc6)cc5)cc4)cc3)c3ccc(-c4ccccc4)cc3)cc2)cc1. The lowest BCUT2D eigenvalue weighted by molar-refractivity contribution is 0.715. The van der Waals surface area contributed by atoms with Crippen molar-refractivity contribution in [1.82, 2.24) is 0 Å². The van der Waals surface area contributed by atoms with Gasteiger partial charge in [0.25, 0.3) is 0 Å². The number of rotatable bonds is 13. The Kier molecular flexibility index (Phi) is 11.9. The van der Waals surface area contributed by atoms with Gasteiger partial charge in [-0.1, -0.05) is 231 Å². The summed E-state index contributed by atoms with van der Waals surface area (Å²) in [7, 11) is 0. The Morgan fingerprint density at radius 1 is 0.234 bits per heavy atom. The van der Waals surface area contributed by atoms with Crippen LogP contribution in [-0.4, -0.2) is 0 Å². The molecule has 0 radical (unpaired) electrons. The van der Waals surface area contributed by atoms with Gasteiger partial charge in [-0.2, -0.15) is 0 Å². The van der Waals surface area contributed by atoms with Crippen molar-refractivity contribution in [3.05, 3.63) is 284 Å². The van der Waals surface area contributed by atoms with E-state index in [-0.39, 0.29) is 5.92 Å². The summed E-state index contributed by atoms with van der Waals surface area (Å²) < 4.78 is 0. The first-order valence-corrected chi connectivity index (χ1v) is 22.3. The third kappa shape index (κ3) is 9.12. The normalized spacial score (nSPS) is 11.1. The van der Waals surface area contributed by atoms with Gasteiger partial charge < -0.3 is 4.90 Å². The average Bonchev–Trinajstić information content (AvgIpc) is 3.39. The second-order valence-electron chi connectivity index (χ2n) is 16.5. The minimum Gasteiger partial charge on any atom is -0.311 e. The molecule has 0 unspecified atom stereocenters. The van der Waals surface area contributed by atoms with Crippen LogP contribution in [0.3, 0.4) is 0 Å². The molecule has 64 heavy (non-hydrogen) atoms. The molecular formula is C63H49N. The lowest BCUT2D eigenvalue weighted by Gasteiger charge is -2.26. The first-order valence-electron chi connectivity index (χ1n) is 22.3. The molecule has 0 fully saturated rings. The van der Waals surface area contributed by atoms with Crippen molar-refractivity contribution in [2.45, 2.75) is 18.8 Å². The van der Waals surface area contributed by atoms with Gasteiger partial charge in [-0.15, -0.1) is 0 Å². The van der Waals surface area contributed by atoms with E-state index >= 15 is 0 Å². The summed E-state index contributed by atoms with van der Waals surface area (Å²) in [5, 5.41) is 0. The molecule has 1 nitrogen and oxygen atoms in total. The number of hydrogen-bond donors (Lipinski definition) is 0. The van der Waals surface area contributed by atoms with Gasteiger partial charge >= 0.3 is 0 Å². The van der Waals surface area contributed by atoms with E-state index in [2.05, 4.69) is 272 Å². The summed E-state index contributed by atoms with van der Waals surface area (Å²) >= 11 is 0.